The predicted molar refractivity (Wildman–Crippen MR) is 118 cm³/mol. The first-order valence-electron chi connectivity index (χ1n) is 11.0. The van der Waals surface area contributed by atoms with Crippen LogP contribution >= 0.6 is 0 Å². The molecule has 35 heavy (non-hydrogen) atoms. The number of alkyl halides is 6. The van der Waals surface area contributed by atoms with Crippen molar-refractivity contribution in [3.8, 4) is 0 Å². The Morgan fingerprint density at radius 2 is 1.66 bits per heavy atom. The number of fused-ring (bicyclic) bond motifs is 1. The predicted octanol–water partition coefficient (Wildman–Crippen LogP) is 5.82. The molecule has 0 saturated carbocycles. The van der Waals surface area contributed by atoms with E-state index in [-0.39, 0.29) is 24.1 Å². The zero-order valence-electron chi connectivity index (χ0n) is 19.3. The van der Waals surface area contributed by atoms with Crippen molar-refractivity contribution < 1.29 is 26.3 Å². The minimum atomic E-state index is -4.93. The molecule has 6 nitrogen and oxygen atoms in total. The standard InChI is InChI=1S/C23H24F6N6/c1-13-7-14(2)20-18(8-13)19(5-4-6-30-20)35(21-31-33-34(3)32-21)12-15-9-16(22(24,25)26)11-17(10-15)23(27,28)29/h7-11,19,30H,4-6,12H2,1-3H3. The number of rotatable bonds is 4. The van der Waals surface area contributed by atoms with Crippen LogP contribution in [0.3, 0.4) is 0 Å². The smallest absolute Gasteiger partial charge is 0.385 e. The molecule has 1 N–H and O–H groups in total. The highest BCUT2D eigenvalue weighted by atomic mass is 19.4. The number of hydrogen-bond acceptors (Lipinski definition) is 5. The maximum atomic E-state index is 13.5. The van der Waals surface area contributed by atoms with Crippen molar-refractivity contribution >= 4 is 11.6 Å². The molecule has 0 saturated heterocycles. The summed E-state index contributed by atoms with van der Waals surface area (Å²) in [7, 11) is 1.54. The van der Waals surface area contributed by atoms with Crippen molar-refractivity contribution in [1.82, 2.24) is 20.2 Å². The van der Waals surface area contributed by atoms with E-state index >= 15 is 0 Å². The van der Waals surface area contributed by atoms with Gasteiger partial charge in [0.15, 0.2) is 0 Å². The molecule has 1 atom stereocenters. The van der Waals surface area contributed by atoms with Gasteiger partial charge >= 0.3 is 12.4 Å². The fourth-order valence-corrected chi connectivity index (χ4v) is 4.51. The lowest BCUT2D eigenvalue weighted by atomic mass is 9.95. The molecule has 0 spiro atoms. The lowest BCUT2D eigenvalue weighted by molar-refractivity contribution is -0.143. The molecule has 1 unspecified atom stereocenters. The van der Waals surface area contributed by atoms with Crippen LogP contribution in [0.25, 0.3) is 0 Å². The normalized spacial score (nSPS) is 16.4. The number of aromatic nitrogens is 4. The van der Waals surface area contributed by atoms with E-state index < -0.39 is 29.5 Å². The van der Waals surface area contributed by atoms with Gasteiger partial charge in [-0.15, -0.1) is 5.10 Å². The van der Waals surface area contributed by atoms with Crippen molar-refractivity contribution in [2.75, 3.05) is 16.8 Å². The Labute approximate surface area is 197 Å². The van der Waals surface area contributed by atoms with E-state index in [1.807, 2.05) is 26.0 Å². The molecule has 1 aliphatic rings. The van der Waals surface area contributed by atoms with Crippen LogP contribution in [0.1, 0.15) is 52.3 Å². The maximum Gasteiger partial charge on any atom is 0.416 e. The SMILES string of the molecule is Cc1cc(C)c2c(c1)C(N(Cc1cc(C(F)(F)F)cc(C(F)(F)F)c1)c1nnn(C)n1)CCCN2. The summed E-state index contributed by atoms with van der Waals surface area (Å²) >= 11 is 0. The number of anilines is 2. The molecule has 0 aliphatic carbocycles. The van der Waals surface area contributed by atoms with Crippen molar-refractivity contribution in [3.63, 3.8) is 0 Å². The second-order valence-electron chi connectivity index (χ2n) is 8.75. The summed E-state index contributed by atoms with van der Waals surface area (Å²) in [6.45, 7) is 4.30. The third-order valence-corrected chi connectivity index (χ3v) is 5.96. The zero-order valence-corrected chi connectivity index (χ0v) is 19.3. The summed E-state index contributed by atoms with van der Waals surface area (Å²) < 4.78 is 80.8. The highest BCUT2D eigenvalue weighted by Gasteiger charge is 2.37. The van der Waals surface area contributed by atoms with Crippen LogP contribution in [-0.2, 0) is 25.9 Å². The fraction of sp³-hybridized carbons (Fsp3) is 0.435. The third-order valence-electron chi connectivity index (χ3n) is 5.96. The molecule has 188 valence electrons. The van der Waals surface area contributed by atoms with Crippen molar-refractivity contribution in [3.05, 3.63) is 63.7 Å². The van der Waals surface area contributed by atoms with E-state index in [1.54, 1.807) is 4.90 Å². The van der Waals surface area contributed by atoms with Crippen molar-refractivity contribution in [2.45, 2.75) is 51.6 Å². The van der Waals surface area contributed by atoms with Gasteiger partial charge in [-0.3, -0.25) is 0 Å². The van der Waals surface area contributed by atoms with Gasteiger partial charge in [0.05, 0.1) is 24.2 Å². The molecular weight excluding hydrogens is 474 g/mol. The minimum absolute atomic E-state index is 0.121. The second kappa shape index (κ2) is 9.04. The Morgan fingerprint density at radius 3 is 2.23 bits per heavy atom. The van der Waals surface area contributed by atoms with Crippen LogP contribution in [0, 0.1) is 13.8 Å². The summed E-state index contributed by atoms with van der Waals surface area (Å²) in [6, 6.07) is 5.22. The molecule has 0 amide bonds. The van der Waals surface area contributed by atoms with Crippen LogP contribution in [0.2, 0.25) is 0 Å². The van der Waals surface area contributed by atoms with Gasteiger partial charge in [0.2, 0.25) is 0 Å². The molecule has 1 aromatic heterocycles. The van der Waals surface area contributed by atoms with E-state index in [4.69, 9.17) is 0 Å². The van der Waals surface area contributed by atoms with E-state index in [2.05, 4.69) is 20.7 Å². The highest BCUT2D eigenvalue weighted by Crippen LogP contribution is 2.40. The van der Waals surface area contributed by atoms with Gasteiger partial charge in [0.25, 0.3) is 5.95 Å². The van der Waals surface area contributed by atoms with Crippen molar-refractivity contribution in [1.29, 1.82) is 0 Å². The van der Waals surface area contributed by atoms with E-state index in [0.29, 0.717) is 13.0 Å². The summed E-state index contributed by atoms with van der Waals surface area (Å²) in [5, 5.41) is 15.5. The maximum absolute atomic E-state index is 13.5. The fourth-order valence-electron chi connectivity index (χ4n) is 4.51. The molecule has 2 heterocycles. The molecule has 0 fully saturated rings. The molecule has 4 rings (SSSR count). The number of hydrogen-bond donors (Lipinski definition) is 1. The Kier molecular flexibility index (Phi) is 6.41. The topological polar surface area (TPSA) is 58.9 Å². The minimum Gasteiger partial charge on any atom is -0.385 e. The molecule has 1 aliphatic heterocycles. The number of aryl methyl sites for hydroxylation is 3. The average Bonchev–Trinajstić information content (AvgIpc) is 3.06. The molecule has 12 heteroatoms. The summed E-state index contributed by atoms with van der Waals surface area (Å²) in [5.74, 6) is 0.121. The van der Waals surface area contributed by atoms with Crippen LogP contribution in [-0.4, -0.2) is 26.8 Å². The Morgan fingerprint density at radius 1 is 1.00 bits per heavy atom. The first kappa shape index (κ1) is 24.8. The van der Waals surface area contributed by atoms with Crippen molar-refractivity contribution in [2.24, 2.45) is 7.05 Å². The summed E-state index contributed by atoms with van der Waals surface area (Å²) in [5.41, 5.74) is 0.899. The Bertz CT molecular complexity index is 1180. The monoisotopic (exact) mass is 498 g/mol. The quantitative estimate of drug-likeness (QED) is 0.460. The number of nitrogens with zero attached hydrogens (tertiary/aromatic N) is 5. The van der Waals surface area contributed by atoms with Gasteiger partial charge in [0.1, 0.15) is 0 Å². The summed E-state index contributed by atoms with van der Waals surface area (Å²) in [4.78, 5) is 2.83. The number of halogens is 6. The first-order valence-corrected chi connectivity index (χ1v) is 11.0. The van der Waals surface area contributed by atoms with Gasteiger partial charge in [-0.1, -0.05) is 22.8 Å². The largest absolute Gasteiger partial charge is 0.416 e. The lowest BCUT2D eigenvalue weighted by Gasteiger charge is -2.32. The molecule has 0 bridgehead atoms. The van der Waals surface area contributed by atoms with Gasteiger partial charge < -0.3 is 10.2 Å². The van der Waals surface area contributed by atoms with E-state index in [9.17, 15) is 26.3 Å². The third kappa shape index (κ3) is 5.35. The number of tetrazole rings is 1. The number of benzene rings is 2. The van der Waals surface area contributed by atoms with Crippen LogP contribution < -0.4 is 10.2 Å². The molecule has 2 aromatic carbocycles. The Balaban J connectivity index is 1.85. The van der Waals surface area contributed by atoms with E-state index in [0.717, 1.165) is 40.9 Å². The second-order valence-corrected chi connectivity index (χ2v) is 8.75. The van der Waals surface area contributed by atoms with Crippen LogP contribution in [0.4, 0.5) is 38.0 Å². The molecule has 0 radical (unpaired) electrons. The lowest BCUT2D eigenvalue weighted by Crippen LogP contribution is -2.30. The molecule has 3 aromatic rings. The van der Waals surface area contributed by atoms with Crippen LogP contribution in [0.15, 0.2) is 30.3 Å². The van der Waals surface area contributed by atoms with Gasteiger partial charge in [-0.05, 0) is 66.8 Å². The van der Waals surface area contributed by atoms with E-state index in [1.165, 1.54) is 11.8 Å². The zero-order chi connectivity index (χ0) is 25.5. The van der Waals surface area contributed by atoms with Crippen LogP contribution in [0.5, 0.6) is 0 Å². The highest BCUT2D eigenvalue weighted by molar-refractivity contribution is 5.62. The number of nitrogens with one attached hydrogen (secondary N) is 1. The average molecular weight is 498 g/mol. The van der Waals surface area contributed by atoms with Gasteiger partial charge in [-0.25, -0.2) is 0 Å². The molecular formula is C23H24F6N6. The Hall–Kier alpha value is -3.31. The summed E-state index contributed by atoms with van der Waals surface area (Å²) in [6.07, 6.45) is -8.55. The first-order chi connectivity index (χ1) is 16.3. The van der Waals surface area contributed by atoms with Gasteiger partial charge in [-0.2, -0.15) is 31.1 Å². The van der Waals surface area contributed by atoms with Gasteiger partial charge in [0, 0.05) is 18.8 Å².